The summed E-state index contributed by atoms with van der Waals surface area (Å²) in [6.45, 7) is 6.37. The van der Waals surface area contributed by atoms with Crippen molar-refractivity contribution in [1.82, 2.24) is 15.1 Å². The number of amides is 2. The fourth-order valence-corrected chi connectivity index (χ4v) is 2.90. The molecule has 0 bridgehead atoms. The van der Waals surface area contributed by atoms with Gasteiger partial charge in [0, 0.05) is 22.7 Å². The van der Waals surface area contributed by atoms with Gasteiger partial charge in [-0.1, -0.05) is 17.7 Å². The smallest absolute Gasteiger partial charge is 0.410 e. The molecule has 0 atom stereocenters. The number of carbonyl (C=O) groups excluding carboxylic acids is 2. The molecule has 2 aromatic rings. The number of hydrogen-bond acceptors (Lipinski definition) is 4. The summed E-state index contributed by atoms with van der Waals surface area (Å²) < 4.78 is 5.40. The summed E-state index contributed by atoms with van der Waals surface area (Å²) in [6, 6.07) is 6.71. The first-order chi connectivity index (χ1) is 12.2. The Bertz CT molecular complexity index is 841. The summed E-state index contributed by atoms with van der Waals surface area (Å²) in [5.41, 5.74) is 1.62. The van der Waals surface area contributed by atoms with E-state index < -0.39 is 5.60 Å². The molecule has 138 valence electrons. The van der Waals surface area contributed by atoms with E-state index in [0.717, 1.165) is 11.3 Å². The van der Waals surface area contributed by atoms with E-state index in [1.54, 1.807) is 29.2 Å². The normalized spacial score (nSPS) is 13.9. The van der Waals surface area contributed by atoms with Gasteiger partial charge in [-0.25, -0.2) is 4.79 Å². The average Bonchev–Trinajstić information content (AvgIpc) is 2.95. The maximum Gasteiger partial charge on any atom is 0.410 e. The molecule has 2 N–H and O–H groups in total. The highest BCUT2D eigenvalue weighted by atomic mass is 35.5. The standard InChI is InChI=1S/C18H21ClN4O3/c1-18(2,3)26-17(25)23-8-7-13-14(10-23)21-22-15(13)20-16(24)11-5-4-6-12(19)9-11/h4-6,9H,7-8,10H2,1-3H3,(H2,20,21,22,24). The Morgan fingerprint density at radius 2 is 2.12 bits per heavy atom. The SMILES string of the molecule is CC(C)(C)OC(=O)N1CCc2c(NC(=O)c3cccc(Cl)c3)n[nH]c2C1. The summed E-state index contributed by atoms with van der Waals surface area (Å²) in [5, 5.41) is 10.4. The van der Waals surface area contributed by atoms with Gasteiger partial charge in [0.2, 0.25) is 0 Å². The van der Waals surface area contributed by atoms with Crippen LogP contribution in [0.2, 0.25) is 5.02 Å². The minimum Gasteiger partial charge on any atom is -0.444 e. The number of aromatic nitrogens is 2. The zero-order valence-electron chi connectivity index (χ0n) is 14.9. The van der Waals surface area contributed by atoms with Crippen LogP contribution in [-0.2, 0) is 17.7 Å². The van der Waals surface area contributed by atoms with Gasteiger partial charge in [-0.05, 0) is 45.4 Å². The van der Waals surface area contributed by atoms with Gasteiger partial charge in [0.25, 0.3) is 5.91 Å². The van der Waals surface area contributed by atoms with Crippen molar-refractivity contribution in [2.45, 2.75) is 39.3 Å². The second kappa shape index (κ2) is 6.99. The van der Waals surface area contributed by atoms with E-state index in [0.29, 0.717) is 35.9 Å². The number of rotatable bonds is 2. The average molecular weight is 377 g/mol. The molecule has 7 nitrogen and oxygen atoms in total. The van der Waals surface area contributed by atoms with Crippen molar-refractivity contribution >= 4 is 29.4 Å². The highest BCUT2D eigenvalue weighted by Crippen LogP contribution is 2.25. The number of fused-ring (bicyclic) bond motifs is 1. The topological polar surface area (TPSA) is 87.3 Å². The molecule has 0 spiro atoms. The molecule has 0 aliphatic carbocycles. The highest BCUT2D eigenvalue weighted by Gasteiger charge is 2.28. The van der Waals surface area contributed by atoms with Crippen LogP contribution in [0.4, 0.5) is 10.6 Å². The molecule has 0 unspecified atom stereocenters. The van der Waals surface area contributed by atoms with Crippen LogP contribution in [0.3, 0.4) is 0 Å². The van der Waals surface area contributed by atoms with Crippen LogP contribution >= 0.6 is 11.6 Å². The van der Waals surface area contributed by atoms with Gasteiger partial charge in [0.15, 0.2) is 5.82 Å². The van der Waals surface area contributed by atoms with Crippen LogP contribution in [0.5, 0.6) is 0 Å². The van der Waals surface area contributed by atoms with Crippen LogP contribution in [0, 0.1) is 0 Å². The second-order valence-corrected chi connectivity index (χ2v) is 7.58. The van der Waals surface area contributed by atoms with Gasteiger partial charge in [-0.3, -0.25) is 9.89 Å². The lowest BCUT2D eigenvalue weighted by Crippen LogP contribution is -2.39. The zero-order valence-corrected chi connectivity index (χ0v) is 15.7. The summed E-state index contributed by atoms with van der Waals surface area (Å²) in [6.07, 6.45) is 0.221. The minimum absolute atomic E-state index is 0.281. The molecule has 1 aromatic heterocycles. The zero-order chi connectivity index (χ0) is 18.9. The highest BCUT2D eigenvalue weighted by molar-refractivity contribution is 6.31. The van der Waals surface area contributed by atoms with Crippen molar-refractivity contribution in [3.8, 4) is 0 Å². The number of aromatic amines is 1. The molecule has 26 heavy (non-hydrogen) atoms. The Labute approximate surface area is 156 Å². The molecule has 0 saturated carbocycles. The molecule has 0 saturated heterocycles. The van der Waals surface area contributed by atoms with E-state index in [4.69, 9.17) is 16.3 Å². The summed E-state index contributed by atoms with van der Waals surface area (Å²) in [5.74, 6) is 0.199. The maximum atomic E-state index is 12.4. The van der Waals surface area contributed by atoms with E-state index in [1.807, 2.05) is 20.8 Å². The predicted octanol–water partition coefficient (Wildman–Crippen LogP) is 3.61. The van der Waals surface area contributed by atoms with E-state index in [2.05, 4.69) is 15.5 Å². The monoisotopic (exact) mass is 376 g/mol. The maximum absolute atomic E-state index is 12.4. The number of carbonyl (C=O) groups is 2. The molecule has 1 aliphatic heterocycles. The summed E-state index contributed by atoms with van der Waals surface area (Å²) in [7, 11) is 0. The Hall–Kier alpha value is -2.54. The minimum atomic E-state index is -0.540. The molecule has 1 aromatic carbocycles. The molecule has 0 radical (unpaired) electrons. The number of ether oxygens (including phenoxy) is 1. The third-order valence-electron chi connectivity index (χ3n) is 3.90. The number of nitrogens with zero attached hydrogens (tertiary/aromatic N) is 2. The lowest BCUT2D eigenvalue weighted by Gasteiger charge is -2.29. The fourth-order valence-electron chi connectivity index (χ4n) is 2.71. The first kappa shape index (κ1) is 18.3. The van der Waals surface area contributed by atoms with Crippen molar-refractivity contribution in [3.63, 3.8) is 0 Å². The van der Waals surface area contributed by atoms with E-state index in [9.17, 15) is 9.59 Å². The van der Waals surface area contributed by atoms with Gasteiger partial charge in [-0.15, -0.1) is 0 Å². The van der Waals surface area contributed by atoms with Crippen molar-refractivity contribution in [2.75, 3.05) is 11.9 Å². The van der Waals surface area contributed by atoms with Crippen molar-refractivity contribution in [3.05, 3.63) is 46.1 Å². The van der Waals surface area contributed by atoms with Gasteiger partial charge >= 0.3 is 6.09 Å². The van der Waals surface area contributed by atoms with E-state index >= 15 is 0 Å². The predicted molar refractivity (Wildman–Crippen MR) is 98.3 cm³/mol. The summed E-state index contributed by atoms with van der Waals surface area (Å²) >= 11 is 5.93. The van der Waals surface area contributed by atoms with Crippen molar-refractivity contribution < 1.29 is 14.3 Å². The first-order valence-corrected chi connectivity index (χ1v) is 8.72. The number of anilines is 1. The van der Waals surface area contributed by atoms with Crippen LogP contribution in [0.25, 0.3) is 0 Å². The molecule has 3 rings (SSSR count). The van der Waals surface area contributed by atoms with Crippen LogP contribution in [-0.4, -0.2) is 39.2 Å². The third-order valence-corrected chi connectivity index (χ3v) is 4.14. The van der Waals surface area contributed by atoms with Crippen molar-refractivity contribution in [2.24, 2.45) is 0 Å². The molecule has 1 aliphatic rings. The lowest BCUT2D eigenvalue weighted by atomic mass is 10.1. The van der Waals surface area contributed by atoms with Gasteiger partial charge in [0.05, 0.1) is 12.2 Å². The second-order valence-electron chi connectivity index (χ2n) is 7.15. The first-order valence-electron chi connectivity index (χ1n) is 8.34. The number of benzene rings is 1. The third kappa shape index (κ3) is 4.16. The number of nitrogens with one attached hydrogen (secondary N) is 2. The molecular formula is C18H21ClN4O3. The molecule has 0 fully saturated rings. The van der Waals surface area contributed by atoms with Crippen molar-refractivity contribution in [1.29, 1.82) is 0 Å². The number of hydrogen-bond donors (Lipinski definition) is 2. The molecule has 2 amide bonds. The summed E-state index contributed by atoms with van der Waals surface area (Å²) in [4.78, 5) is 26.2. The van der Waals surface area contributed by atoms with Gasteiger partial charge in [-0.2, -0.15) is 5.10 Å². The number of halogens is 1. The molecule has 2 heterocycles. The van der Waals surface area contributed by atoms with Gasteiger partial charge in [0.1, 0.15) is 5.60 Å². The van der Waals surface area contributed by atoms with Crippen LogP contribution < -0.4 is 5.32 Å². The molecular weight excluding hydrogens is 356 g/mol. The number of H-pyrrole nitrogens is 1. The Morgan fingerprint density at radius 1 is 1.35 bits per heavy atom. The van der Waals surface area contributed by atoms with E-state index in [-0.39, 0.29) is 12.0 Å². The largest absolute Gasteiger partial charge is 0.444 e. The fraction of sp³-hybridized carbons (Fsp3) is 0.389. The van der Waals surface area contributed by atoms with Crippen LogP contribution in [0.1, 0.15) is 42.4 Å². The molecule has 8 heteroatoms. The van der Waals surface area contributed by atoms with E-state index in [1.165, 1.54) is 0 Å². The Morgan fingerprint density at radius 3 is 2.81 bits per heavy atom. The lowest BCUT2D eigenvalue weighted by molar-refractivity contribution is 0.0221. The quantitative estimate of drug-likeness (QED) is 0.838. The van der Waals surface area contributed by atoms with Crippen LogP contribution in [0.15, 0.2) is 24.3 Å². The Balaban J connectivity index is 1.69. The Kier molecular flexibility index (Phi) is 4.91. The van der Waals surface area contributed by atoms with Gasteiger partial charge < -0.3 is 15.0 Å².